The normalized spacial score (nSPS) is 24.1. The molecule has 1 aromatic heterocycles. The zero-order valence-corrected chi connectivity index (χ0v) is 10.4. The van der Waals surface area contributed by atoms with E-state index < -0.39 is 0 Å². The molecule has 1 heterocycles. The largest absolute Gasteiger partial charge is 0.330 e. The maximum absolute atomic E-state index is 12.5. The molecule has 1 aromatic rings. The van der Waals surface area contributed by atoms with Crippen molar-refractivity contribution in [3.63, 3.8) is 0 Å². The number of ketones is 1. The van der Waals surface area contributed by atoms with Gasteiger partial charge in [-0.3, -0.25) is 9.48 Å². The number of carbonyl (C=O) groups excluding carboxylic acids is 1. The summed E-state index contributed by atoms with van der Waals surface area (Å²) in [4.78, 5) is 12.5. The zero-order chi connectivity index (χ0) is 12.3. The fraction of sp³-hybridized carbons (Fsp3) is 0.692. The maximum Gasteiger partial charge on any atom is 0.184 e. The molecular formula is C13H21N3O. The first-order valence-electron chi connectivity index (χ1n) is 6.54. The van der Waals surface area contributed by atoms with Crippen LogP contribution in [0.3, 0.4) is 0 Å². The summed E-state index contributed by atoms with van der Waals surface area (Å²) >= 11 is 0. The second kappa shape index (κ2) is 5.45. The number of Topliss-reactive ketones (excluding diaryl/α,β-unsaturated/α-hetero) is 1. The molecule has 1 aliphatic carbocycles. The Kier molecular flexibility index (Phi) is 3.94. The Morgan fingerprint density at radius 2 is 2.41 bits per heavy atom. The van der Waals surface area contributed by atoms with Crippen molar-refractivity contribution in [2.45, 2.75) is 39.2 Å². The minimum atomic E-state index is 0.118. The van der Waals surface area contributed by atoms with Gasteiger partial charge < -0.3 is 5.73 Å². The van der Waals surface area contributed by atoms with E-state index in [1.54, 1.807) is 6.20 Å². The van der Waals surface area contributed by atoms with Gasteiger partial charge in [0.2, 0.25) is 0 Å². The fourth-order valence-corrected chi connectivity index (χ4v) is 2.79. The minimum Gasteiger partial charge on any atom is -0.330 e. The number of nitrogens with two attached hydrogens (primary N) is 1. The summed E-state index contributed by atoms with van der Waals surface area (Å²) in [6.45, 7) is 3.53. The van der Waals surface area contributed by atoms with Gasteiger partial charge in [0.15, 0.2) is 5.78 Å². The van der Waals surface area contributed by atoms with Gasteiger partial charge in [-0.25, -0.2) is 0 Å². The van der Waals surface area contributed by atoms with Crippen LogP contribution < -0.4 is 5.73 Å². The highest BCUT2D eigenvalue weighted by Gasteiger charge is 2.33. The molecule has 2 rings (SSSR count). The molecule has 17 heavy (non-hydrogen) atoms. The average Bonchev–Trinajstić information content (AvgIpc) is 2.96. The summed E-state index contributed by atoms with van der Waals surface area (Å²) in [6, 6.07) is 1.84. The first-order chi connectivity index (χ1) is 8.27. The van der Waals surface area contributed by atoms with Crippen molar-refractivity contribution in [1.82, 2.24) is 9.78 Å². The standard InChI is InChI=1S/C13H21N3O/c1-2-8-16-12(6-7-15-16)13(17)11-5-3-4-10(11)9-14/h6-7,10-11H,2-5,8-9,14H2,1H3. The van der Waals surface area contributed by atoms with Crippen molar-refractivity contribution in [3.05, 3.63) is 18.0 Å². The van der Waals surface area contributed by atoms with Crippen LogP contribution in [-0.2, 0) is 6.54 Å². The van der Waals surface area contributed by atoms with Gasteiger partial charge in [-0.15, -0.1) is 0 Å². The van der Waals surface area contributed by atoms with E-state index in [1.165, 1.54) is 0 Å². The van der Waals surface area contributed by atoms with Gasteiger partial charge in [0, 0.05) is 18.7 Å². The van der Waals surface area contributed by atoms with Crippen LogP contribution in [0.25, 0.3) is 0 Å². The number of hydrogen-bond donors (Lipinski definition) is 1. The van der Waals surface area contributed by atoms with Crippen LogP contribution in [0.1, 0.15) is 43.1 Å². The molecule has 0 bridgehead atoms. The predicted octanol–water partition coefficient (Wildman–Crippen LogP) is 1.85. The highest BCUT2D eigenvalue weighted by Crippen LogP contribution is 2.33. The van der Waals surface area contributed by atoms with Gasteiger partial charge in [0.05, 0.1) is 0 Å². The topological polar surface area (TPSA) is 60.9 Å². The van der Waals surface area contributed by atoms with E-state index in [0.717, 1.165) is 37.9 Å². The molecule has 0 aromatic carbocycles. The molecule has 2 atom stereocenters. The first kappa shape index (κ1) is 12.3. The van der Waals surface area contributed by atoms with Gasteiger partial charge in [-0.1, -0.05) is 13.3 Å². The molecule has 0 radical (unpaired) electrons. The van der Waals surface area contributed by atoms with Gasteiger partial charge in [-0.05, 0) is 37.8 Å². The molecule has 0 saturated heterocycles. The van der Waals surface area contributed by atoms with E-state index in [0.29, 0.717) is 12.5 Å². The lowest BCUT2D eigenvalue weighted by Crippen LogP contribution is -2.27. The number of nitrogens with zero attached hydrogens (tertiary/aromatic N) is 2. The lowest BCUT2D eigenvalue weighted by atomic mass is 9.90. The van der Waals surface area contributed by atoms with Crippen LogP contribution in [0, 0.1) is 11.8 Å². The van der Waals surface area contributed by atoms with E-state index in [1.807, 2.05) is 10.7 Å². The maximum atomic E-state index is 12.5. The second-order valence-electron chi connectivity index (χ2n) is 4.84. The van der Waals surface area contributed by atoms with E-state index in [2.05, 4.69) is 12.0 Å². The Hall–Kier alpha value is -1.16. The van der Waals surface area contributed by atoms with Crippen molar-refractivity contribution in [3.8, 4) is 0 Å². The summed E-state index contributed by atoms with van der Waals surface area (Å²) in [5.74, 6) is 0.726. The van der Waals surface area contributed by atoms with E-state index >= 15 is 0 Å². The van der Waals surface area contributed by atoms with E-state index in [9.17, 15) is 4.79 Å². The van der Waals surface area contributed by atoms with E-state index in [4.69, 9.17) is 5.73 Å². The van der Waals surface area contributed by atoms with Gasteiger partial charge in [-0.2, -0.15) is 5.10 Å². The predicted molar refractivity (Wildman–Crippen MR) is 66.7 cm³/mol. The molecule has 94 valence electrons. The molecule has 0 amide bonds. The molecule has 0 aliphatic heterocycles. The number of rotatable bonds is 5. The zero-order valence-electron chi connectivity index (χ0n) is 10.4. The highest BCUT2D eigenvalue weighted by molar-refractivity contribution is 5.96. The number of aryl methyl sites for hydroxylation is 1. The van der Waals surface area contributed by atoms with Crippen molar-refractivity contribution >= 4 is 5.78 Å². The van der Waals surface area contributed by atoms with Crippen LogP contribution >= 0.6 is 0 Å². The third-order valence-corrected chi connectivity index (χ3v) is 3.70. The molecule has 4 heteroatoms. The summed E-state index contributed by atoms with van der Waals surface area (Å²) in [7, 11) is 0. The monoisotopic (exact) mass is 235 g/mol. The average molecular weight is 235 g/mol. The third-order valence-electron chi connectivity index (χ3n) is 3.70. The lowest BCUT2D eigenvalue weighted by molar-refractivity contribution is 0.0882. The fourth-order valence-electron chi connectivity index (χ4n) is 2.79. The number of aromatic nitrogens is 2. The van der Waals surface area contributed by atoms with E-state index in [-0.39, 0.29) is 11.7 Å². The summed E-state index contributed by atoms with van der Waals surface area (Å²) < 4.78 is 1.83. The molecule has 2 N–H and O–H groups in total. The quantitative estimate of drug-likeness (QED) is 0.792. The van der Waals surface area contributed by atoms with Crippen LogP contribution in [0.4, 0.5) is 0 Å². The molecule has 4 nitrogen and oxygen atoms in total. The SMILES string of the molecule is CCCn1nccc1C(=O)C1CCCC1CN. The molecular weight excluding hydrogens is 214 g/mol. The summed E-state index contributed by atoms with van der Waals surface area (Å²) in [5.41, 5.74) is 6.50. The Balaban J connectivity index is 2.15. The number of carbonyl (C=O) groups is 1. The summed E-state index contributed by atoms with van der Waals surface area (Å²) in [5, 5.41) is 4.21. The molecule has 2 unspecified atom stereocenters. The number of hydrogen-bond acceptors (Lipinski definition) is 3. The third kappa shape index (κ3) is 2.41. The van der Waals surface area contributed by atoms with Crippen LogP contribution in [0.15, 0.2) is 12.3 Å². The smallest absolute Gasteiger partial charge is 0.184 e. The molecule has 0 spiro atoms. The van der Waals surface area contributed by atoms with Crippen molar-refractivity contribution < 1.29 is 4.79 Å². The van der Waals surface area contributed by atoms with Crippen LogP contribution in [-0.4, -0.2) is 22.1 Å². The Morgan fingerprint density at radius 3 is 3.12 bits per heavy atom. The molecule has 1 aliphatic rings. The second-order valence-corrected chi connectivity index (χ2v) is 4.84. The highest BCUT2D eigenvalue weighted by atomic mass is 16.1. The van der Waals surface area contributed by atoms with Gasteiger partial charge >= 0.3 is 0 Å². The van der Waals surface area contributed by atoms with Crippen LogP contribution in [0.5, 0.6) is 0 Å². The van der Waals surface area contributed by atoms with Gasteiger partial charge in [0.25, 0.3) is 0 Å². The van der Waals surface area contributed by atoms with Crippen molar-refractivity contribution in [1.29, 1.82) is 0 Å². The first-order valence-corrected chi connectivity index (χ1v) is 6.54. The minimum absolute atomic E-state index is 0.118. The Morgan fingerprint density at radius 1 is 1.59 bits per heavy atom. The van der Waals surface area contributed by atoms with Gasteiger partial charge in [0.1, 0.15) is 5.69 Å². The van der Waals surface area contributed by atoms with Crippen molar-refractivity contribution in [2.75, 3.05) is 6.54 Å². The molecule has 1 saturated carbocycles. The summed E-state index contributed by atoms with van der Waals surface area (Å²) in [6.07, 6.45) is 5.91. The van der Waals surface area contributed by atoms with Crippen molar-refractivity contribution in [2.24, 2.45) is 17.6 Å². The Labute approximate surface area is 102 Å². The molecule has 1 fully saturated rings. The Bertz CT molecular complexity index is 386. The van der Waals surface area contributed by atoms with Crippen LogP contribution in [0.2, 0.25) is 0 Å². The lowest BCUT2D eigenvalue weighted by Gasteiger charge is -2.17.